The Kier molecular flexibility index (Phi) is 8.42. The summed E-state index contributed by atoms with van der Waals surface area (Å²) < 4.78 is 13.0. The van der Waals surface area contributed by atoms with E-state index in [9.17, 15) is 0 Å². The van der Waals surface area contributed by atoms with Gasteiger partial charge < -0.3 is 8.83 Å². The van der Waals surface area contributed by atoms with Crippen molar-refractivity contribution in [1.29, 1.82) is 0 Å². The molecular weight excluding hydrogens is 759 g/mol. The summed E-state index contributed by atoms with van der Waals surface area (Å²) in [5.74, 6) is 0.670. The predicted octanol–water partition coefficient (Wildman–Crippen LogP) is 15.3. The van der Waals surface area contributed by atoms with E-state index in [4.69, 9.17) is 18.8 Å². The van der Waals surface area contributed by atoms with E-state index >= 15 is 0 Å². The van der Waals surface area contributed by atoms with E-state index < -0.39 is 0 Å². The topological polar surface area (TPSA) is 65.0 Å². The third-order valence-corrected chi connectivity index (χ3v) is 11.9. The summed E-state index contributed by atoms with van der Waals surface area (Å²) in [5, 5.41) is 4.37. The van der Waals surface area contributed by atoms with Crippen LogP contribution in [0.1, 0.15) is 0 Å². The Morgan fingerprint density at radius 1 is 0.323 bits per heavy atom. The van der Waals surface area contributed by atoms with Crippen LogP contribution in [-0.4, -0.2) is 15.0 Å². The van der Waals surface area contributed by atoms with Crippen molar-refractivity contribution in [3.63, 3.8) is 0 Å². The summed E-state index contributed by atoms with van der Waals surface area (Å²) in [6, 6.07) is 69.4. The number of para-hydroxylation sites is 2. The van der Waals surface area contributed by atoms with Crippen molar-refractivity contribution in [2.75, 3.05) is 0 Å². The van der Waals surface area contributed by atoms with E-state index in [1.165, 1.54) is 0 Å². The molecule has 0 N–H and O–H groups in total. The lowest BCUT2D eigenvalue weighted by atomic mass is 9.92. The fourth-order valence-electron chi connectivity index (χ4n) is 8.78. The molecule has 0 amide bonds. The highest BCUT2D eigenvalue weighted by atomic mass is 16.3. The molecule has 12 rings (SSSR count). The van der Waals surface area contributed by atoms with Gasteiger partial charge in [-0.1, -0.05) is 164 Å². The molecule has 290 valence electrons. The van der Waals surface area contributed by atoms with Crippen LogP contribution in [0.15, 0.2) is 221 Å². The van der Waals surface area contributed by atoms with Crippen molar-refractivity contribution in [1.82, 2.24) is 15.0 Å². The minimum atomic E-state index is 0.670. The van der Waals surface area contributed by atoms with Crippen LogP contribution in [0.3, 0.4) is 0 Å². The molecule has 8 aromatic carbocycles. The van der Waals surface area contributed by atoms with E-state index in [1.54, 1.807) is 6.20 Å². The Morgan fingerprint density at radius 2 is 0.839 bits per heavy atom. The van der Waals surface area contributed by atoms with Crippen LogP contribution in [0.2, 0.25) is 0 Å². The maximum atomic E-state index is 6.74. The zero-order chi connectivity index (χ0) is 41.0. The minimum Gasteiger partial charge on any atom is -0.456 e. The van der Waals surface area contributed by atoms with Crippen molar-refractivity contribution < 1.29 is 8.83 Å². The molecule has 0 unspecified atom stereocenters. The van der Waals surface area contributed by atoms with E-state index in [0.29, 0.717) is 5.82 Å². The number of benzene rings is 8. The quantitative estimate of drug-likeness (QED) is 0.161. The molecule has 12 aromatic rings. The average molecular weight is 794 g/mol. The lowest BCUT2D eigenvalue weighted by molar-refractivity contribution is 0.668. The van der Waals surface area contributed by atoms with Gasteiger partial charge in [-0.25, -0.2) is 9.97 Å². The summed E-state index contributed by atoms with van der Waals surface area (Å²) in [7, 11) is 0. The molecule has 0 aliphatic carbocycles. The zero-order valence-electron chi connectivity index (χ0n) is 33.4. The van der Waals surface area contributed by atoms with Gasteiger partial charge in [0.15, 0.2) is 5.82 Å². The fraction of sp³-hybridized carbons (Fsp3) is 0. The predicted molar refractivity (Wildman–Crippen MR) is 252 cm³/mol. The van der Waals surface area contributed by atoms with Crippen molar-refractivity contribution in [3.8, 4) is 78.4 Å². The molecular formula is C57H35N3O2. The van der Waals surface area contributed by atoms with Gasteiger partial charge in [0.25, 0.3) is 0 Å². The molecule has 0 saturated carbocycles. The Hall–Kier alpha value is -8.41. The maximum absolute atomic E-state index is 6.74. The molecule has 0 aliphatic heterocycles. The minimum absolute atomic E-state index is 0.670. The highest BCUT2D eigenvalue weighted by Crippen LogP contribution is 2.45. The standard InChI is InChI=1S/C57H35N3O2/c1-2-10-40(11-3-1)49-34-50(60-57(59-49)42-29-23-37(24-30-42)36-19-21-38(22-20-36)43-12-9-33-58-35-43)41-27-25-39(26-28-41)44-31-32-46(55-48-14-5-7-17-52(48)62-56(44)55)45-15-8-18-53-54(45)47-13-4-6-16-51(47)61-53/h1-35H. The molecule has 0 fully saturated rings. The molecule has 0 saturated heterocycles. The van der Waals surface area contributed by atoms with Gasteiger partial charge in [0.2, 0.25) is 0 Å². The molecule has 5 heteroatoms. The molecule has 0 bridgehead atoms. The fourth-order valence-corrected chi connectivity index (χ4v) is 8.78. The molecule has 0 atom stereocenters. The van der Waals surface area contributed by atoms with E-state index in [-0.39, 0.29) is 0 Å². The smallest absolute Gasteiger partial charge is 0.160 e. The number of furan rings is 2. The monoisotopic (exact) mass is 793 g/mol. The van der Waals surface area contributed by atoms with Crippen molar-refractivity contribution >= 4 is 43.9 Å². The van der Waals surface area contributed by atoms with Gasteiger partial charge in [0, 0.05) is 56.2 Å². The Labute approximate surface area is 357 Å². The van der Waals surface area contributed by atoms with Crippen molar-refractivity contribution in [2.24, 2.45) is 0 Å². The molecule has 4 heterocycles. The zero-order valence-corrected chi connectivity index (χ0v) is 33.4. The molecule has 0 aliphatic rings. The number of pyridine rings is 1. The van der Waals surface area contributed by atoms with Crippen molar-refractivity contribution in [3.05, 3.63) is 213 Å². The van der Waals surface area contributed by atoms with Gasteiger partial charge in [-0.3, -0.25) is 4.98 Å². The SMILES string of the molecule is c1ccc(-c2cc(-c3ccc(-c4ccc(-c5cccc6oc7ccccc7c56)c5c4oc4ccccc45)cc3)nc(-c3ccc(-c4ccc(-c5cccnc5)cc4)cc3)n2)cc1. The number of nitrogens with zero attached hydrogens (tertiary/aromatic N) is 3. The Balaban J connectivity index is 0.922. The summed E-state index contributed by atoms with van der Waals surface area (Å²) in [6.45, 7) is 0. The molecule has 0 spiro atoms. The van der Waals surface area contributed by atoms with Crippen LogP contribution < -0.4 is 0 Å². The normalized spacial score (nSPS) is 11.5. The van der Waals surface area contributed by atoms with Gasteiger partial charge in [-0.2, -0.15) is 0 Å². The summed E-state index contributed by atoms with van der Waals surface area (Å²) in [4.78, 5) is 14.5. The Bertz CT molecular complexity index is 3590. The Morgan fingerprint density at radius 3 is 1.53 bits per heavy atom. The third kappa shape index (κ3) is 6.14. The molecule has 0 radical (unpaired) electrons. The average Bonchev–Trinajstić information content (AvgIpc) is 3.94. The second-order valence-electron chi connectivity index (χ2n) is 15.5. The summed E-state index contributed by atoms with van der Waals surface area (Å²) >= 11 is 0. The van der Waals surface area contributed by atoms with Gasteiger partial charge in [0.1, 0.15) is 22.3 Å². The van der Waals surface area contributed by atoms with Crippen LogP contribution in [-0.2, 0) is 0 Å². The number of hydrogen-bond donors (Lipinski definition) is 0. The van der Waals surface area contributed by atoms with E-state index in [0.717, 1.165) is 116 Å². The summed E-state index contributed by atoms with van der Waals surface area (Å²) in [5.41, 5.74) is 16.9. The maximum Gasteiger partial charge on any atom is 0.160 e. The first-order valence-corrected chi connectivity index (χ1v) is 20.7. The van der Waals surface area contributed by atoms with Crippen LogP contribution in [0.5, 0.6) is 0 Å². The van der Waals surface area contributed by atoms with Gasteiger partial charge in [-0.15, -0.1) is 0 Å². The number of hydrogen-bond acceptors (Lipinski definition) is 5. The lowest BCUT2D eigenvalue weighted by Crippen LogP contribution is -1.96. The first kappa shape index (κ1) is 35.5. The third-order valence-electron chi connectivity index (χ3n) is 11.9. The summed E-state index contributed by atoms with van der Waals surface area (Å²) in [6.07, 6.45) is 3.68. The number of rotatable bonds is 7. The number of fused-ring (bicyclic) bond motifs is 6. The van der Waals surface area contributed by atoms with Crippen molar-refractivity contribution in [2.45, 2.75) is 0 Å². The second kappa shape index (κ2) is 14.7. The van der Waals surface area contributed by atoms with Crippen LogP contribution in [0.4, 0.5) is 0 Å². The van der Waals surface area contributed by atoms with E-state index in [1.807, 2.05) is 60.8 Å². The molecule has 62 heavy (non-hydrogen) atoms. The highest BCUT2D eigenvalue weighted by Gasteiger charge is 2.21. The van der Waals surface area contributed by atoms with Crippen LogP contribution >= 0.6 is 0 Å². The lowest BCUT2D eigenvalue weighted by Gasteiger charge is -2.12. The number of aromatic nitrogens is 3. The van der Waals surface area contributed by atoms with E-state index in [2.05, 4.69) is 151 Å². The van der Waals surface area contributed by atoms with Gasteiger partial charge >= 0.3 is 0 Å². The molecule has 4 aromatic heterocycles. The van der Waals surface area contributed by atoms with Gasteiger partial charge in [0.05, 0.1) is 11.4 Å². The van der Waals surface area contributed by atoms with Crippen LogP contribution in [0, 0.1) is 0 Å². The first-order chi connectivity index (χ1) is 30.7. The highest BCUT2D eigenvalue weighted by molar-refractivity contribution is 6.21. The first-order valence-electron chi connectivity index (χ1n) is 20.7. The largest absolute Gasteiger partial charge is 0.456 e. The molecule has 5 nitrogen and oxygen atoms in total. The van der Waals surface area contributed by atoms with Gasteiger partial charge in [-0.05, 0) is 75.3 Å². The van der Waals surface area contributed by atoms with Crippen LogP contribution in [0.25, 0.3) is 122 Å². The second-order valence-corrected chi connectivity index (χ2v) is 15.5.